The Morgan fingerprint density at radius 3 is 2.73 bits per heavy atom. The Bertz CT molecular complexity index is 751. The number of nitrogens with zero attached hydrogens (tertiary/aromatic N) is 1. The van der Waals surface area contributed by atoms with Gasteiger partial charge in [0.05, 0.1) is 19.3 Å². The summed E-state index contributed by atoms with van der Waals surface area (Å²) in [6, 6.07) is 0. The highest BCUT2D eigenvalue weighted by Gasteiger charge is 2.47. The predicted octanol–water partition coefficient (Wildman–Crippen LogP) is -3.86. The third-order valence-corrected chi connectivity index (χ3v) is 3.79. The van der Waals surface area contributed by atoms with Crippen molar-refractivity contribution in [2.45, 2.75) is 30.6 Å². The fourth-order valence-corrected chi connectivity index (χ4v) is 2.40. The van der Waals surface area contributed by atoms with Crippen LogP contribution in [0.3, 0.4) is 0 Å². The fraction of sp³-hybridized carbons (Fsp3) is 0.615. The zero-order valence-corrected chi connectivity index (χ0v) is 13.2. The monoisotopic (exact) mass is 379 g/mol. The van der Waals surface area contributed by atoms with Crippen LogP contribution in [0.4, 0.5) is 4.53 Å². The molecule has 1 unspecified atom stereocenters. The minimum Gasteiger partial charge on any atom is -0.394 e. The zero-order valence-electron chi connectivity index (χ0n) is 13.2. The molecule has 1 aliphatic heterocycles. The number of rotatable bonds is 7. The van der Waals surface area contributed by atoms with Crippen molar-refractivity contribution in [3.63, 3.8) is 0 Å². The Kier molecular flexibility index (Phi) is 6.57. The van der Waals surface area contributed by atoms with E-state index in [9.17, 15) is 29.1 Å². The van der Waals surface area contributed by atoms with Gasteiger partial charge >= 0.3 is 5.69 Å². The maximum absolute atomic E-state index is 12.8. The molecule has 13 heteroatoms. The minimum atomic E-state index is -1.69. The van der Waals surface area contributed by atoms with Crippen LogP contribution < -0.4 is 16.6 Å². The summed E-state index contributed by atoms with van der Waals surface area (Å²) < 4.78 is 18.6. The molecule has 26 heavy (non-hydrogen) atoms. The average Bonchev–Trinajstić information content (AvgIpc) is 2.94. The van der Waals surface area contributed by atoms with E-state index in [-0.39, 0.29) is 6.54 Å². The summed E-state index contributed by atoms with van der Waals surface area (Å²) in [5, 5.41) is 39.0. The number of hydrogen-bond acceptors (Lipinski definition) is 9. The van der Waals surface area contributed by atoms with E-state index in [0.29, 0.717) is 4.57 Å². The number of H-pyrrole nitrogens is 1. The van der Waals surface area contributed by atoms with Crippen molar-refractivity contribution in [3.8, 4) is 0 Å². The quantitative estimate of drug-likeness (QED) is 0.276. The summed E-state index contributed by atoms with van der Waals surface area (Å²) in [6.07, 6.45) is -6.60. The van der Waals surface area contributed by atoms with E-state index < -0.39 is 66.6 Å². The summed E-state index contributed by atoms with van der Waals surface area (Å²) in [6.45, 7) is -1.68. The number of aliphatic hydroxyl groups excluding tert-OH is 4. The molecule has 1 fully saturated rings. The molecule has 146 valence electrons. The predicted molar refractivity (Wildman–Crippen MR) is 79.7 cm³/mol. The number of ether oxygens (including phenoxy) is 1. The Morgan fingerprint density at radius 1 is 1.46 bits per heavy atom. The number of hydrogen-bond donors (Lipinski definition) is 6. The highest BCUT2D eigenvalue weighted by Crippen LogP contribution is 2.30. The van der Waals surface area contributed by atoms with Crippen LogP contribution in [0, 0.1) is 0 Å². The van der Waals surface area contributed by atoms with Crippen LogP contribution in [-0.4, -0.2) is 80.1 Å². The van der Waals surface area contributed by atoms with Gasteiger partial charge < -0.3 is 30.5 Å². The molecule has 0 radical (unpaired) electrons. The second kappa shape index (κ2) is 8.48. The lowest BCUT2D eigenvalue weighted by Gasteiger charge is -2.18. The molecule has 1 aromatic heterocycles. The molecular formula is C13H18FN3O9. The normalized spacial score (nSPS) is 26.7. The van der Waals surface area contributed by atoms with E-state index in [2.05, 4.69) is 10.3 Å². The van der Waals surface area contributed by atoms with Gasteiger partial charge in [0.1, 0.15) is 17.8 Å². The first kappa shape index (κ1) is 20.2. The number of aromatic nitrogens is 2. The lowest BCUT2D eigenvalue weighted by Crippen LogP contribution is -2.42. The van der Waals surface area contributed by atoms with Gasteiger partial charge in [-0.1, -0.05) is 0 Å². The van der Waals surface area contributed by atoms with Crippen LogP contribution in [0.15, 0.2) is 15.8 Å². The van der Waals surface area contributed by atoms with Gasteiger partial charge in [-0.25, -0.2) is 4.79 Å². The van der Waals surface area contributed by atoms with E-state index in [4.69, 9.17) is 14.9 Å². The van der Waals surface area contributed by atoms with E-state index in [1.165, 1.54) is 0 Å². The Balaban J connectivity index is 2.34. The summed E-state index contributed by atoms with van der Waals surface area (Å²) >= 11 is 0. The third-order valence-electron chi connectivity index (χ3n) is 3.79. The Hall–Kier alpha value is -2.16. The van der Waals surface area contributed by atoms with Gasteiger partial charge in [0, 0.05) is 12.7 Å². The maximum atomic E-state index is 12.8. The van der Waals surface area contributed by atoms with Crippen LogP contribution >= 0.6 is 0 Å². The Labute approximate surface area is 144 Å². The van der Waals surface area contributed by atoms with E-state index >= 15 is 0 Å². The van der Waals surface area contributed by atoms with Crippen molar-refractivity contribution in [3.05, 3.63) is 32.6 Å². The molecule has 2 rings (SSSR count). The standard InChI is InChI=1S/C13H18FN3O9/c14-26-9-8(21)7(4-19)25-12(9)17-2-6(11(23)16-13(17)24)10(22)15-1-5(20)3-18/h2,5,7-9,12,18-21H,1,3-4H2,(H,15,22)(H,16,23,24)/t5?,7-,8+,9-,12-/m1/s1. The summed E-state index contributed by atoms with van der Waals surface area (Å²) in [5.74, 6) is -0.984. The summed E-state index contributed by atoms with van der Waals surface area (Å²) in [4.78, 5) is 41.3. The largest absolute Gasteiger partial charge is 0.394 e. The van der Waals surface area contributed by atoms with Gasteiger partial charge in [0.25, 0.3) is 11.5 Å². The molecule has 1 amide bonds. The van der Waals surface area contributed by atoms with Crippen molar-refractivity contribution in [1.29, 1.82) is 0 Å². The summed E-state index contributed by atoms with van der Waals surface area (Å²) in [7, 11) is 0. The van der Waals surface area contributed by atoms with Crippen LogP contribution in [0.1, 0.15) is 16.6 Å². The van der Waals surface area contributed by atoms with Gasteiger partial charge in [-0.15, -0.1) is 0 Å². The van der Waals surface area contributed by atoms with Crippen LogP contribution in [0.2, 0.25) is 0 Å². The number of nitrogens with one attached hydrogen (secondary N) is 2. The average molecular weight is 379 g/mol. The fourth-order valence-electron chi connectivity index (χ4n) is 2.40. The third kappa shape index (κ3) is 3.98. The van der Waals surface area contributed by atoms with Gasteiger partial charge in [-0.3, -0.25) is 19.1 Å². The number of carbonyl (C=O) groups excluding carboxylic acids is 1. The van der Waals surface area contributed by atoms with Gasteiger partial charge in [0.15, 0.2) is 12.3 Å². The molecule has 0 aliphatic carbocycles. The highest BCUT2D eigenvalue weighted by atomic mass is 19.3. The number of aromatic amines is 1. The van der Waals surface area contributed by atoms with Crippen LogP contribution in [0.25, 0.3) is 0 Å². The molecule has 1 aliphatic rings. The first-order valence-electron chi connectivity index (χ1n) is 7.48. The molecule has 6 N–H and O–H groups in total. The topological polar surface area (TPSA) is 183 Å². The lowest BCUT2D eigenvalue weighted by molar-refractivity contribution is -0.221. The van der Waals surface area contributed by atoms with Gasteiger partial charge in [0.2, 0.25) is 0 Å². The molecule has 0 spiro atoms. The second-order valence-electron chi connectivity index (χ2n) is 5.55. The highest BCUT2D eigenvalue weighted by molar-refractivity contribution is 5.93. The van der Waals surface area contributed by atoms with Crippen molar-refractivity contribution >= 4 is 5.91 Å². The maximum Gasteiger partial charge on any atom is 0.330 e. The first-order chi connectivity index (χ1) is 12.3. The van der Waals surface area contributed by atoms with E-state index in [1.807, 2.05) is 4.98 Å². The Morgan fingerprint density at radius 2 is 2.15 bits per heavy atom. The van der Waals surface area contributed by atoms with Gasteiger partial charge in [-0.05, 0) is 4.53 Å². The molecule has 2 heterocycles. The SMILES string of the molecule is O=C(NCC(O)CO)c1cn([C@@H]2O[C@H](CO)[C@H](O)[C@H]2OF)c(=O)[nH]c1=O. The van der Waals surface area contributed by atoms with E-state index in [0.717, 1.165) is 6.20 Å². The molecule has 0 aromatic carbocycles. The molecule has 5 atom stereocenters. The first-order valence-corrected chi connectivity index (χ1v) is 7.48. The smallest absolute Gasteiger partial charge is 0.330 e. The molecule has 1 aromatic rings. The molecule has 1 saturated heterocycles. The van der Waals surface area contributed by atoms with Crippen molar-refractivity contribution in [2.75, 3.05) is 19.8 Å². The van der Waals surface area contributed by atoms with Crippen molar-refractivity contribution < 1.29 is 39.4 Å². The van der Waals surface area contributed by atoms with E-state index in [1.54, 1.807) is 0 Å². The molecule has 0 bridgehead atoms. The van der Waals surface area contributed by atoms with Gasteiger partial charge in [-0.2, -0.15) is 4.94 Å². The number of carbonyl (C=O) groups is 1. The van der Waals surface area contributed by atoms with Crippen molar-refractivity contribution in [2.24, 2.45) is 0 Å². The molecule has 12 nitrogen and oxygen atoms in total. The summed E-state index contributed by atoms with van der Waals surface area (Å²) in [5.41, 5.74) is -2.70. The number of aliphatic hydroxyl groups is 4. The van der Waals surface area contributed by atoms with Crippen molar-refractivity contribution in [1.82, 2.24) is 14.9 Å². The number of amides is 1. The molecule has 0 saturated carbocycles. The minimum absolute atomic E-state index is 0.366. The molecular weight excluding hydrogens is 361 g/mol. The lowest BCUT2D eigenvalue weighted by atomic mass is 10.1. The second-order valence-corrected chi connectivity index (χ2v) is 5.55. The van der Waals surface area contributed by atoms with Crippen LogP contribution in [-0.2, 0) is 9.68 Å². The number of halogens is 1. The van der Waals surface area contributed by atoms with Crippen LogP contribution in [0.5, 0.6) is 0 Å². The zero-order chi connectivity index (χ0) is 19.4.